The summed E-state index contributed by atoms with van der Waals surface area (Å²) >= 11 is 0. The molecule has 0 fully saturated rings. The van der Waals surface area contributed by atoms with Gasteiger partial charge in [-0.15, -0.1) is 0 Å². The number of ether oxygens (including phenoxy) is 2. The maximum Gasteiger partial charge on any atom is 0.247 e. The maximum absolute atomic E-state index is 14.1. The summed E-state index contributed by atoms with van der Waals surface area (Å²) in [7, 11) is -3.63. The topological polar surface area (TPSA) is 162 Å². The molecule has 1 heterocycles. The summed E-state index contributed by atoms with van der Waals surface area (Å²) in [6.45, 7) is 10.8. The van der Waals surface area contributed by atoms with Gasteiger partial charge in [-0.2, -0.15) is 0 Å². The number of aryl methyl sites for hydroxylation is 1. The highest BCUT2D eigenvalue weighted by Crippen LogP contribution is 2.35. The minimum Gasteiger partial charge on any atom is -0.490 e. The summed E-state index contributed by atoms with van der Waals surface area (Å²) in [5.74, 6) is 0.602. The lowest BCUT2D eigenvalue weighted by atomic mass is 10.0. The predicted molar refractivity (Wildman–Crippen MR) is 181 cm³/mol. The van der Waals surface area contributed by atoms with Gasteiger partial charge in [-0.05, 0) is 98.3 Å². The van der Waals surface area contributed by atoms with Gasteiger partial charge in [0.05, 0.1) is 23.4 Å². The first-order chi connectivity index (χ1) is 21.8. The Morgan fingerprint density at radius 2 is 1.74 bits per heavy atom. The summed E-state index contributed by atoms with van der Waals surface area (Å²) in [4.78, 5) is 30.0. The molecule has 1 atom stereocenters. The van der Waals surface area contributed by atoms with Crippen LogP contribution in [0.5, 0.6) is 11.5 Å². The third-order valence-corrected chi connectivity index (χ3v) is 9.15. The minimum absolute atomic E-state index is 0.0827. The van der Waals surface area contributed by atoms with Crippen molar-refractivity contribution in [3.05, 3.63) is 77.5 Å². The number of aromatic nitrogens is 1. The molecule has 244 valence electrons. The fraction of sp³-hybridized carbons (Fsp3) is 0.324. The first kappa shape index (κ1) is 34.0. The number of nitrogens with zero attached hydrogens (tertiary/aromatic N) is 1. The number of hydrogen-bond donors (Lipinski definition) is 4. The van der Waals surface area contributed by atoms with Crippen LogP contribution < -0.4 is 31.2 Å². The van der Waals surface area contributed by atoms with Crippen LogP contribution in [0.2, 0.25) is 0 Å². The number of pyridine rings is 1. The van der Waals surface area contributed by atoms with Crippen molar-refractivity contribution >= 4 is 49.6 Å². The largest absolute Gasteiger partial charge is 0.490 e. The van der Waals surface area contributed by atoms with Crippen LogP contribution in [0.25, 0.3) is 10.8 Å². The van der Waals surface area contributed by atoms with Crippen molar-refractivity contribution in [1.29, 1.82) is 0 Å². The first-order valence-electron chi connectivity index (χ1n) is 15.1. The Kier molecular flexibility index (Phi) is 10.7. The first-order valence-corrected chi connectivity index (χ1v) is 16.7. The van der Waals surface area contributed by atoms with Crippen LogP contribution in [-0.4, -0.2) is 43.7 Å². The Bertz CT molecular complexity index is 1860. The third kappa shape index (κ3) is 7.86. The summed E-state index contributed by atoms with van der Waals surface area (Å²) in [5, 5.41) is 10.7. The number of nitrogens with one attached hydrogen (secondary N) is 3. The van der Waals surface area contributed by atoms with E-state index in [9.17, 15) is 18.0 Å². The van der Waals surface area contributed by atoms with E-state index in [1.165, 1.54) is 19.1 Å². The lowest BCUT2D eigenvalue weighted by Crippen LogP contribution is -2.33. The van der Waals surface area contributed by atoms with Gasteiger partial charge in [-0.1, -0.05) is 13.0 Å². The van der Waals surface area contributed by atoms with Crippen molar-refractivity contribution in [2.45, 2.75) is 65.1 Å². The molecule has 0 spiro atoms. The van der Waals surface area contributed by atoms with Crippen molar-refractivity contribution < 1.29 is 27.5 Å². The van der Waals surface area contributed by atoms with E-state index in [0.717, 1.165) is 16.3 Å². The van der Waals surface area contributed by atoms with Gasteiger partial charge in [-0.3, -0.25) is 9.59 Å². The van der Waals surface area contributed by atoms with E-state index in [-0.39, 0.29) is 29.2 Å². The predicted octanol–water partition coefficient (Wildman–Crippen LogP) is 5.53. The van der Waals surface area contributed by atoms with E-state index < -0.39 is 21.8 Å². The summed E-state index contributed by atoms with van der Waals surface area (Å²) < 4.78 is 37.7. The maximum atomic E-state index is 14.1. The Morgan fingerprint density at radius 1 is 0.978 bits per heavy atom. The number of hydrogen-bond acceptors (Lipinski definition) is 9. The number of anilines is 3. The second kappa shape index (κ2) is 14.5. The minimum atomic E-state index is -3.63. The quantitative estimate of drug-likeness (QED) is 0.146. The van der Waals surface area contributed by atoms with E-state index in [1.807, 2.05) is 45.9 Å². The third-order valence-electron chi connectivity index (χ3n) is 7.32. The molecule has 0 aliphatic carbocycles. The second-order valence-electron chi connectivity index (χ2n) is 11.0. The number of rotatable bonds is 13. The number of benzene rings is 3. The zero-order valence-corrected chi connectivity index (χ0v) is 27.7. The summed E-state index contributed by atoms with van der Waals surface area (Å²) in [5.41, 5.74) is 9.04. The zero-order valence-electron chi connectivity index (χ0n) is 26.9. The van der Waals surface area contributed by atoms with Crippen LogP contribution in [0, 0.1) is 6.92 Å². The molecule has 0 saturated carbocycles. The molecule has 4 rings (SSSR count). The molecule has 0 aliphatic heterocycles. The number of fused-ring (bicyclic) bond motifs is 1. The fourth-order valence-electron chi connectivity index (χ4n) is 5.11. The molecule has 11 nitrogen and oxygen atoms in total. The van der Waals surface area contributed by atoms with Gasteiger partial charge < -0.3 is 31.2 Å². The second-order valence-corrected chi connectivity index (χ2v) is 13.3. The van der Waals surface area contributed by atoms with Gasteiger partial charge in [0.2, 0.25) is 11.8 Å². The number of nitrogen functional groups attached to an aromatic ring is 1. The number of carbonyl (C=O) groups is 2. The Balaban J connectivity index is 1.76. The molecule has 0 aliphatic rings. The van der Waals surface area contributed by atoms with Crippen LogP contribution in [-0.2, 0) is 26.0 Å². The molecule has 0 saturated heterocycles. The van der Waals surface area contributed by atoms with E-state index in [4.69, 9.17) is 15.2 Å². The molecule has 1 aromatic heterocycles. The summed E-state index contributed by atoms with van der Waals surface area (Å²) in [6.07, 6.45) is 1.54. The molecule has 1 unspecified atom stereocenters. The summed E-state index contributed by atoms with van der Waals surface area (Å²) in [6, 6.07) is 14.5. The van der Waals surface area contributed by atoms with Gasteiger partial charge >= 0.3 is 0 Å². The van der Waals surface area contributed by atoms with Crippen LogP contribution in [0.1, 0.15) is 57.4 Å². The number of carbonyl (C=O) groups excluding carboxylic acids is 2. The Labute approximate surface area is 269 Å². The monoisotopic (exact) mass is 647 g/mol. The van der Waals surface area contributed by atoms with Gasteiger partial charge in [-0.25, -0.2) is 13.4 Å². The smallest absolute Gasteiger partial charge is 0.247 e. The SMILES string of the molecule is CCOc1cc(C(Nc2ccc3c(N)nccc3c2C)C(=O)NCc2cc(NC(C)=O)ccc2S(=O)(=O)CC)ccc1OC(C)C. The van der Waals surface area contributed by atoms with Crippen molar-refractivity contribution in [3.63, 3.8) is 0 Å². The molecular weight excluding hydrogens is 606 g/mol. The van der Waals surface area contributed by atoms with E-state index >= 15 is 0 Å². The van der Waals surface area contributed by atoms with Crippen molar-refractivity contribution in [1.82, 2.24) is 10.3 Å². The molecule has 0 radical (unpaired) electrons. The molecule has 4 aromatic rings. The van der Waals surface area contributed by atoms with Crippen molar-refractivity contribution in [3.8, 4) is 11.5 Å². The van der Waals surface area contributed by atoms with Crippen molar-refractivity contribution in [2.24, 2.45) is 0 Å². The Hall–Kier alpha value is -4.84. The van der Waals surface area contributed by atoms with Crippen LogP contribution in [0.3, 0.4) is 0 Å². The van der Waals surface area contributed by atoms with Gasteiger partial charge in [0.25, 0.3) is 0 Å². The molecule has 3 aromatic carbocycles. The van der Waals surface area contributed by atoms with E-state index in [2.05, 4.69) is 20.9 Å². The average Bonchev–Trinajstić information content (AvgIpc) is 3.00. The zero-order chi connectivity index (χ0) is 33.6. The lowest BCUT2D eigenvalue weighted by Gasteiger charge is -2.24. The Morgan fingerprint density at radius 3 is 2.41 bits per heavy atom. The number of sulfone groups is 1. The molecule has 0 bridgehead atoms. The molecule has 12 heteroatoms. The van der Waals surface area contributed by atoms with Crippen molar-refractivity contribution in [2.75, 3.05) is 28.7 Å². The van der Waals surface area contributed by atoms with Gasteiger partial charge in [0.1, 0.15) is 11.9 Å². The molecular formula is C34H41N5O6S. The number of amides is 2. The highest BCUT2D eigenvalue weighted by atomic mass is 32.2. The van der Waals surface area contributed by atoms with E-state index in [1.54, 1.807) is 37.4 Å². The van der Waals surface area contributed by atoms with Gasteiger partial charge in [0, 0.05) is 36.4 Å². The normalized spacial score (nSPS) is 12.1. The standard InChI is InChI=1S/C34H41N5O6S/c1-7-44-30-18-23(9-13-29(30)45-20(3)4)32(39-28-12-11-27-26(21(28)5)15-16-36-33(27)35)34(41)37-19-24-17-25(38-22(6)40)10-14-31(24)46(42,43)8-2/h9-18,20,32,39H,7-8,19H2,1-6H3,(H2,35,36)(H,37,41)(H,38,40). The molecule has 5 N–H and O–H groups in total. The fourth-order valence-corrected chi connectivity index (χ4v) is 6.22. The van der Waals surface area contributed by atoms with Crippen LogP contribution in [0.4, 0.5) is 17.2 Å². The number of nitrogens with two attached hydrogens (primary N) is 1. The molecule has 2 amide bonds. The highest BCUT2D eigenvalue weighted by molar-refractivity contribution is 7.91. The van der Waals surface area contributed by atoms with Crippen LogP contribution in [0.15, 0.2) is 65.7 Å². The molecule has 46 heavy (non-hydrogen) atoms. The average molecular weight is 648 g/mol. The van der Waals surface area contributed by atoms with Crippen LogP contribution >= 0.6 is 0 Å². The van der Waals surface area contributed by atoms with Gasteiger partial charge in [0.15, 0.2) is 21.3 Å². The highest BCUT2D eigenvalue weighted by Gasteiger charge is 2.25. The lowest BCUT2D eigenvalue weighted by molar-refractivity contribution is -0.122. The van der Waals surface area contributed by atoms with E-state index in [0.29, 0.717) is 46.4 Å².